The minimum Gasteiger partial charge on any atom is -0.334 e. The molecule has 134 valence electrons. The van der Waals surface area contributed by atoms with Crippen LogP contribution in [0.2, 0.25) is 0 Å². The molecule has 0 bridgehead atoms. The molecule has 0 unspecified atom stereocenters. The molecule has 0 aliphatic heterocycles. The Morgan fingerprint density at radius 2 is 2.08 bits per heavy atom. The molecule has 26 heavy (non-hydrogen) atoms. The maximum Gasteiger partial charge on any atom is 0.317 e. The summed E-state index contributed by atoms with van der Waals surface area (Å²) in [6.07, 6.45) is 5.30. The van der Waals surface area contributed by atoms with Gasteiger partial charge < -0.3 is 10.2 Å². The van der Waals surface area contributed by atoms with E-state index in [1.165, 1.54) is 11.1 Å². The second-order valence-corrected chi connectivity index (χ2v) is 6.42. The van der Waals surface area contributed by atoms with Crippen molar-refractivity contribution in [2.24, 2.45) is 0 Å². The standard InChI is InChI=1S/C20H23N5O/c1-15-5-7-18(16(2)11-15)14-24(3)20(26)22-13-17-6-8-19(21-12-17)25-10-4-9-23-25/h4-12H,13-14H2,1-3H3,(H,22,26). The van der Waals surface area contributed by atoms with Gasteiger partial charge in [-0.3, -0.25) is 0 Å². The number of carbonyl (C=O) groups excluding carboxylic acids is 1. The van der Waals surface area contributed by atoms with Crippen LogP contribution in [0.5, 0.6) is 0 Å². The zero-order valence-electron chi connectivity index (χ0n) is 15.3. The number of aryl methyl sites for hydroxylation is 2. The SMILES string of the molecule is Cc1ccc(CN(C)C(=O)NCc2ccc(-n3cccn3)nc2)c(C)c1. The molecular formula is C20H23N5O. The van der Waals surface area contributed by atoms with Gasteiger partial charge in [0.15, 0.2) is 5.82 Å². The first-order valence-corrected chi connectivity index (χ1v) is 8.53. The third kappa shape index (κ3) is 4.27. The van der Waals surface area contributed by atoms with E-state index in [-0.39, 0.29) is 6.03 Å². The van der Waals surface area contributed by atoms with Crippen molar-refractivity contribution >= 4 is 6.03 Å². The molecule has 0 saturated heterocycles. The summed E-state index contributed by atoms with van der Waals surface area (Å²) in [4.78, 5) is 18.4. The molecule has 1 aromatic carbocycles. The van der Waals surface area contributed by atoms with Crippen molar-refractivity contribution in [3.63, 3.8) is 0 Å². The lowest BCUT2D eigenvalue weighted by molar-refractivity contribution is 0.206. The van der Waals surface area contributed by atoms with Crippen LogP contribution >= 0.6 is 0 Å². The normalized spacial score (nSPS) is 10.6. The third-order valence-electron chi connectivity index (χ3n) is 4.24. The molecule has 6 nitrogen and oxygen atoms in total. The largest absolute Gasteiger partial charge is 0.334 e. The molecule has 0 radical (unpaired) electrons. The van der Waals surface area contributed by atoms with Crippen LogP contribution in [0.25, 0.3) is 5.82 Å². The number of urea groups is 1. The molecule has 3 aromatic rings. The van der Waals surface area contributed by atoms with E-state index in [0.717, 1.165) is 16.9 Å². The van der Waals surface area contributed by atoms with Crippen molar-refractivity contribution in [2.45, 2.75) is 26.9 Å². The van der Waals surface area contributed by atoms with Gasteiger partial charge in [0.1, 0.15) is 0 Å². The Morgan fingerprint density at radius 3 is 2.73 bits per heavy atom. The van der Waals surface area contributed by atoms with E-state index in [9.17, 15) is 4.79 Å². The fraction of sp³-hybridized carbons (Fsp3) is 0.250. The first kappa shape index (κ1) is 17.7. The quantitative estimate of drug-likeness (QED) is 0.769. The molecular weight excluding hydrogens is 326 g/mol. The van der Waals surface area contributed by atoms with Gasteiger partial charge in [0.05, 0.1) is 0 Å². The second-order valence-electron chi connectivity index (χ2n) is 6.42. The van der Waals surface area contributed by atoms with Crippen LogP contribution in [0.1, 0.15) is 22.3 Å². The molecule has 2 heterocycles. The number of aromatic nitrogens is 3. The van der Waals surface area contributed by atoms with Crippen molar-refractivity contribution in [1.29, 1.82) is 0 Å². The Hall–Kier alpha value is -3.15. The summed E-state index contributed by atoms with van der Waals surface area (Å²) in [7, 11) is 1.80. The van der Waals surface area contributed by atoms with E-state index >= 15 is 0 Å². The number of rotatable bonds is 5. The van der Waals surface area contributed by atoms with Crippen LogP contribution in [0.4, 0.5) is 4.79 Å². The summed E-state index contributed by atoms with van der Waals surface area (Å²) < 4.78 is 1.69. The topological polar surface area (TPSA) is 63.1 Å². The van der Waals surface area contributed by atoms with Crippen molar-refractivity contribution in [1.82, 2.24) is 25.0 Å². The van der Waals surface area contributed by atoms with Gasteiger partial charge in [-0.25, -0.2) is 14.5 Å². The van der Waals surface area contributed by atoms with Gasteiger partial charge in [0.2, 0.25) is 0 Å². The highest BCUT2D eigenvalue weighted by atomic mass is 16.2. The van der Waals surface area contributed by atoms with Crippen LogP contribution in [0.3, 0.4) is 0 Å². The fourth-order valence-electron chi connectivity index (χ4n) is 2.72. The lowest BCUT2D eigenvalue weighted by atomic mass is 10.1. The number of hydrogen-bond acceptors (Lipinski definition) is 3. The maximum absolute atomic E-state index is 12.3. The highest BCUT2D eigenvalue weighted by Gasteiger charge is 2.10. The van der Waals surface area contributed by atoms with Gasteiger partial charge in [-0.15, -0.1) is 0 Å². The summed E-state index contributed by atoms with van der Waals surface area (Å²) in [6.45, 7) is 5.15. The van der Waals surface area contributed by atoms with Crippen LogP contribution in [-0.4, -0.2) is 32.7 Å². The zero-order chi connectivity index (χ0) is 18.5. The smallest absolute Gasteiger partial charge is 0.317 e. The number of pyridine rings is 1. The number of hydrogen-bond donors (Lipinski definition) is 1. The summed E-state index contributed by atoms with van der Waals surface area (Å²) >= 11 is 0. The summed E-state index contributed by atoms with van der Waals surface area (Å²) in [5.74, 6) is 0.747. The number of benzene rings is 1. The van der Waals surface area contributed by atoms with Gasteiger partial charge >= 0.3 is 6.03 Å². The summed E-state index contributed by atoms with van der Waals surface area (Å²) in [5, 5.41) is 7.07. The highest BCUT2D eigenvalue weighted by Crippen LogP contribution is 2.12. The Morgan fingerprint density at radius 1 is 1.23 bits per heavy atom. The average Bonchev–Trinajstić information content (AvgIpc) is 3.17. The van der Waals surface area contributed by atoms with E-state index in [2.05, 4.69) is 47.4 Å². The Kier molecular flexibility index (Phi) is 5.31. The van der Waals surface area contributed by atoms with Crippen molar-refractivity contribution < 1.29 is 4.79 Å². The zero-order valence-corrected chi connectivity index (χ0v) is 15.3. The van der Waals surface area contributed by atoms with Crippen LogP contribution in [0.15, 0.2) is 55.0 Å². The van der Waals surface area contributed by atoms with Gasteiger partial charge in [0.25, 0.3) is 0 Å². The van der Waals surface area contributed by atoms with E-state index in [0.29, 0.717) is 13.1 Å². The minimum absolute atomic E-state index is 0.110. The Bertz CT molecular complexity index is 872. The van der Waals surface area contributed by atoms with E-state index in [1.54, 1.807) is 29.0 Å². The third-order valence-corrected chi connectivity index (χ3v) is 4.24. The molecule has 0 aliphatic carbocycles. The highest BCUT2D eigenvalue weighted by molar-refractivity contribution is 5.73. The van der Waals surface area contributed by atoms with Gasteiger partial charge in [-0.2, -0.15) is 5.10 Å². The summed E-state index contributed by atoms with van der Waals surface area (Å²) in [6, 6.07) is 11.8. The van der Waals surface area contributed by atoms with E-state index in [4.69, 9.17) is 0 Å². The van der Waals surface area contributed by atoms with Crippen molar-refractivity contribution in [3.05, 3.63) is 77.2 Å². The molecule has 2 amide bonds. The molecule has 1 N–H and O–H groups in total. The lowest BCUT2D eigenvalue weighted by Gasteiger charge is -2.19. The number of nitrogens with zero attached hydrogens (tertiary/aromatic N) is 4. The molecule has 0 spiro atoms. The molecule has 6 heteroatoms. The monoisotopic (exact) mass is 349 g/mol. The van der Waals surface area contributed by atoms with Gasteiger partial charge in [0, 0.05) is 38.7 Å². The number of nitrogens with one attached hydrogen (secondary N) is 1. The molecule has 3 rings (SSSR count). The van der Waals surface area contributed by atoms with Crippen molar-refractivity contribution in [2.75, 3.05) is 7.05 Å². The van der Waals surface area contributed by atoms with Crippen LogP contribution in [0, 0.1) is 13.8 Å². The summed E-state index contributed by atoms with van der Waals surface area (Å²) in [5.41, 5.74) is 4.51. The molecule has 0 saturated carbocycles. The van der Waals surface area contributed by atoms with Crippen molar-refractivity contribution in [3.8, 4) is 5.82 Å². The maximum atomic E-state index is 12.3. The van der Waals surface area contributed by atoms with Gasteiger partial charge in [-0.05, 0) is 42.7 Å². The average molecular weight is 349 g/mol. The molecule has 0 atom stereocenters. The number of amides is 2. The second kappa shape index (κ2) is 7.82. The van der Waals surface area contributed by atoms with E-state index in [1.807, 2.05) is 24.4 Å². The van der Waals surface area contributed by atoms with Crippen LogP contribution < -0.4 is 5.32 Å². The first-order valence-electron chi connectivity index (χ1n) is 8.53. The first-order chi connectivity index (χ1) is 12.5. The van der Waals surface area contributed by atoms with Crippen LogP contribution in [-0.2, 0) is 13.1 Å². The fourth-order valence-corrected chi connectivity index (χ4v) is 2.72. The Balaban J connectivity index is 1.54. The van der Waals surface area contributed by atoms with Gasteiger partial charge in [-0.1, -0.05) is 29.8 Å². The lowest BCUT2D eigenvalue weighted by Crippen LogP contribution is -2.36. The Labute approximate surface area is 153 Å². The number of carbonyl (C=O) groups is 1. The molecule has 0 fully saturated rings. The minimum atomic E-state index is -0.110. The molecule has 0 aliphatic rings. The predicted octanol–water partition coefficient (Wildman–Crippen LogP) is 3.23. The van der Waals surface area contributed by atoms with E-state index < -0.39 is 0 Å². The molecule has 2 aromatic heterocycles. The predicted molar refractivity (Wildman–Crippen MR) is 101 cm³/mol.